The van der Waals surface area contributed by atoms with Gasteiger partial charge in [0.25, 0.3) is 5.91 Å². The Kier molecular flexibility index (Phi) is 3.83. The van der Waals surface area contributed by atoms with Crippen LogP contribution in [-0.2, 0) is 11.2 Å². The molecule has 2 aromatic heterocycles. The second kappa shape index (κ2) is 5.79. The number of carbonyl (C=O) groups is 2. The number of hydrogen-bond donors (Lipinski definition) is 0. The standard InChI is InChI=1S/C16H20N4O2/c1-3-13-15(20-10-12(2)4-5-14(20)17-13)16(22)19-8-6-18(11-21)7-9-19/h4-5,10-11H,3,6-9H2,1-2H3. The first-order chi connectivity index (χ1) is 10.6. The van der Waals surface area contributed by atoms with Crippen molar-refractivity contribution in [1.82, 2.24) is 19.2 Å². The molecule has 2 amide bonds. The van der Waals surface area contributed by atoms with Crippen molar-refractivity contribution in [2.45, 2.75) is 20.3 Å². The molecule has 0 bridgehead atoms. The Hall–Kier alpha value is -2.37. The SMILES string of the molecule is CCc1nc2ccc(C)cn2c1C(=O)N1CCN(C=O)CC1. The van der Waals surface area contributed by atoms with Gasteiger partial charge in [0.05, 0.1) is 5.69 Å². The Morgan fingerprint density at radius 3 is 2.64 bits per heavy atom. The molecule has 116 valence electrons. The van der Waals surface area contributed by atoms with Crippen LogP contribution >= 0.6 is 0 Å². The number of aromatic nitrogens is 2. The van der Waals surface area contributed by atoms with Crippen LogP contribution in [0.25, 0.3) is 5.65 Å². The monoisotopic (exact) mass is 300 g/mol. The molecule has 1 aliphatic rings. The Balaban J connectivity index is 1.96. The predicted octanol–water partition coefficient (Wildman–Crippen LogP) is 1.12. The first-order valence-electron chi connectivity index (χ1n) is 7.60. The first-order valence-corrected chi connectivity index (χ1v) is 7.60. The van der Waals surface area contributed by atoms with Crippen LogP contribution in [0.2, 0.25) is 0 Å². The van der Waals surface area contributed by atoms with Gasteiger partial charge in [-0.2, -0.15) is 0 Å². The Labute approximate surface area is 129 Å². The summed E-state index contributed by atoms with van der Waals surface area (Å²) >= 11 is 0. The lowest BCUT2D eigenvalue weighted by atomic mass is 10.2. The summed E-state index contributed by atoms with van der Waals surface area (Å²) in [7, 11) is 0. The normalized spacial score (nSPS) is 15.4. The number of carbonyl (C=O) groups excluding carboxylic acids is 2. The van der Waals surface area contributed by atoms with Crippen LogP contribution < -0.4 is 0 Å². The predicted molar refractivity (Wildman–Crippen MR) is 82.8 cm³/mol. The number of rotatable bonds is 3. The molecule has 22 heavy (non-hydrogen) atoms. The maximum atomic E-state index is 12.9. The Bertz CT molecular complexity index is 714. The van der Waals surface area contributed by atoms with Crippen molar-refractivity contribution in [2.75, 3.05) is 26.2 Å². The van der Waals surface area contributed by atoms with E-state index in [0.717, 1.165) is 29.7 Å². The zero-order valence-corrected chi connectivity index (χ0v) is 13.0. The van der Waals surface area contributed by atoms with E-state index in [1.807, 2.05) is 41.5 Å². The molecule has 6 heteroatoms. The molecule has 1 fully saturated rings. The molecule has 0 spiro atoms. The highest BCUT2D eigenvalue weighted by Crippen LogP contribution is 2.17. The van der Waals surface area contributed by atoms with Crippen molar-refractivity contribution in [2.24, 2.45) is 0 Å². The smallest absolute Gasteiger partial charge is 0.272 e. The third-order valence-electron chi connectivity index (χ3n) is 4.13. The van der Waals surface area contributed by atoms with E-state index in [1.165, 1.54) is 0 Å². The minimum absolute atomic E-state index is 0.000462. The maximum Gasteiger partial charge on any atom is 0.272 e. The minimum atomic E-state index is 0.000462. The van der Waals surface area contributed by atoms with Gasteiger partial charge in [-0.1, -0.05) is 13.0 Å². The summed E-state index contributed by atoms with van der Waals surface area (Å²) in [6, 6.07) is 3.94. The summed E-state index contributed by atoms with van der Waals surface area (Å²) in [4.78, 5) is 31.8. The van der Waals surface area contributed by atoms with Gasteiger partial charge in [-0.05, 0) is 25.0 Å². The lowest BCUT2D eigenvalue weighted by Crippen LogP contribution is -2.48. The van der Waals surface area contributed by atoms with Crippen molar-refractivity contribution in [3.63, 3.8) is 0 Å². The van der Waals surface area contributed by atoms with Gasteiger partial charge < -0.3 is 9.80 Å². The summed E-state index contributed by atoms with van der Waals surface area (Å²) in [5.41, 5.74) is 3.37. The van der Waals surface area contributed by atoms with Gasteiger partial charge in [-0.25, -0.2) is 4.98 Å². The number of pyridine rings is 1. The Morgan fingerprint density at radius 1 is 1.27 bits per heavy atom. The Morgan fingerprint density at radius 2 is 2.00 bits per heavy atom. The zero-order chi connectivity index (χ0) is 15.7. The fourth-order valence-corrected chi connectivity index (χ4v) is 2.85. The molecule has 0 aliphatic carbocycles. The van der Waals surface area contributed by atoms with Gasteiger partial charge in [-0.15, -0.1) is 0 Å². The highest BCUT2D eigenvalue weighted by Gasteiger charge is 2.26. The fraction of sp³-hybridized carbons (Fsp3) is 0.438. The second-order valence-electron chi connectivity index (χ2n) is 5.63. The number of hydrogen-bond acceptors (Lipinski definition) is 3. The lowest BCUT2D eigenvalue weighted by Gasteiger charge is -2.32. The molecular formula is C16H20N4O2. The van der Waals surface area contributed by atoms with E-state index in [-0.39, 0.29) is 5.91 Å². The zero-order valence-electron chi connectivity index (χ0n) is 13.0. The van der Waals surface area contributed by atoms with E-state index >= 15 is 0 Å². The van der Waals surface area contributed by atoms with Crippen LogP contribution in [0.3, 0.4) is 0 Å². The number of imidazole rings is 1. The molecule has 0 atom stereocenters. The summed E-state index contributed by atoms with van der Waals surface area (Å²) in [5, 5.41) is 0. The highest BCUT2D eigenvalue weighted by atomic mass is 16.2. The molecule has 1 saturated heterocycles. The van der Waals surface area contributed by atoms with E-state index in [1.54, 1.807) is 4.90 Å². The summed E-state index contributed by atoms with van der Waals surface area (Å²) in [5.74, 6) is 0.000462. The summed E-state index contributed by atoms with van der Waals surface area (Å²) in [6.07, 6.45) is 3.52. The van der Waals surface area contributed by atoms with Crippen LogP contribution in [-0.4, -0.2) is 57.7 Å². The van der Waals surface area contributed by atoms with E-state index in [0.29, 0.717) is 31.9 Å². The van der Waals surface area contributed by atoms with Crippen LogP contribution in [0.4, 0.5) is 0 Å². The van der Waals surface area contributed by atoms with Gasteiger partial charge >= 0.3 is 0 Å². The quantitative estimate of drug-likeness (QED) is 0.798. The first kappa shape index (κ1) is 14.6. The average molecular weight is 300 g/mol. The van der Waals surface area contributed by atoms with E-state index in [9.17, 15) is 9.59 Å². The second-order valence-corrected chi connectivity index (χ2v) is 5.63. The molecule has 0 saturated carbocycles. The third kappa shape index (κ3) is 2.45. The van der Waals surface area contributed by atoms with Gasteiger partial charge in [-0.3, -0.25) is 14.0 Å². The molecule has 1 aliphatic heterocycles. The van der Waals surface area contributed by atoms with Gasteiger partial charge in [0.1, 0.15) is 11.3 Å². The topological polar surface area (TPSA) is 57.9 Å². The molecule has 0 radical (unpaired) electrons. The van der Waals surface area contributed by atoms with Crippen LogP contribution in [0.5, 0.6) is 0 Å². The highest BCUT2D eigenvalue weighted by molar-refractivity contribution is 5.95. The molecule has 0 aromatic carbocycles. The van der Waals surface area contributed by atoms with Crippen molar-refractivity contribution in [3.05, 3.63) is 35.3 Å². The molecular weight excluding hydrogens is 280 g/mol. The molecule has 6 nitrogen and oxygen atoms in total. The van der Waals surface area contributed by atoms with Crippen LogP contribution in [0.1, 0.15) is 28.7 Å². The van der Waals surface area contributed by atoms with E-state index in [2.05, 4.69) is 4.98 Å². The molecule has 3 rings (SSSR count). The summed E-state index contributed by atoms with van der Waals surface area (Å²) in [6.45, 7) is 6.33. The molecule has 3 heterocycles. The number of piperazine rings is 1. The number of amides is 2. The van der Waals surface area contributed by atoms with E-state index < -0.39 is 0 Å². The number of nitrogens with zero attached hydrogens (tertiary/aromatic N) is 4. The fourth-order valence-electron chi connectivity index (χ4n) is 2.85. The van der Waals surface area contributed by atoms with Gasteiger partial charge in [0, 0.05) is 32.4 Å². The third-order valence-corrected chi connectivity index (χ3v) is 4.13. The van der Waals surface area contributed by atoms with Gasteiger partial charge in [0.2, 0.25) is 6.41 Å². The molecule has 0 N–H and O–H groups in total. The molecule has 0 unspecified atom stereocenters. The lowest BCUT2D eigenvalue weighted by molar-refractivity contribution is -0.119. The summed E-state index contributed by atoms with van der Waals surface area (Å²) < 4.78 is 1.89. The van der Waals surface area contributed by atoms with E-state index in [4.69, 9.17) is 0 Å². The van der Waals surface area contributed by atoms with Crippen molar-refractivity contribution in [3.8, 4) is 0 Å². The van der Waals surface area contributed by atoms with Crippen LogP contribution in [0, 0.1) is 6.92 Å². The minimum Gasteiger partial charge on any atom is -0.342 e. The van der Waals surface area contributed by atoms with Crippen LogP contribution in [0.15, 0.2) is 18.3 Å². The average Bonchev–Trinajstić information content (AvgIpc) is 2.92. The number of fused-ring (bicyclic) bond motifs is 1. The largest absolute Gasteiger partial charge is 0.342 e. The van der Waals surface area contributed by atoms with Crippen molar-refractivity contribution in [1.29, 1.82) is 0 Å². The van der Waals surface area contributed by atoms with Crippen molar-refractivity contribution >= 4 is 18.0 Å². The van der Waals surface area contributed by atoms with Crippen molar-refractivity contribution < 1.29 is 9.59 Å². The number of aryl methyl sites for hydroxylation is 2. The maximum absolute atomic E-state index is 12.9. The molecule has 2 aromatic rings. The van der Waals surface area contributed by atoms with Gasteiger partial charge in [0.15, 0.2) is 0 Å².